The van der Waals surface area contributed by atoms with E-state index >= 15 is 0 Å². The minimum atomic E-state index is -0.629. The maximum absolute atomic E-state index is 12.4. The molecule has 1 N–H and O–H groups in total. The van der Waals surface area contributed by atoms with Crippen LogP contribution in [0.15, 0.2) is 47.3 Å². The molecule has 0 aliphatic rings. The van der Waals surface area contributed by atoms with E-state index in [2.05, 4.69) is 5.32 Å². The highest BCUT2D eigenvalue weighted by Gasteiger charge is 2.16. The number of aryl methyl sites for hydroxylation is 2. The maximum atomic E-state index is 12.4. The molecule has 25 heavy (non-hydrogen) atoms. The Morgan fingerprint density at radius 1 is 1.28 bits per heavy atom. The first-order valence-corrected chi connectivity index (χ1v) is 8.97. The van der Waals surface area contributed by atoms with Gasteiger partial charge in [0.2, 0.25) is 0 Å². The van der Waals surface area contributed by atoms with Crippen molar-refractivity contribution in [2.45, 2.75) is 33.4 Å². The van der Waals surface area contributed by atoms with Crippen LogP contribution in [0.1, 0.15) is 19.4 Å². The van der Waals surface area contributed by atoms with Crippen LogP contribution >= 0.6 is 11.3 Å². The average Bonchev–Trinajstić information content (AvgIpc) is 2.91. The molecular weight excluding hydrogens is 336 g/mol. The van der Waals surface area contributed by atoms with Crippen LogP contribution < -0.4 is 14.9 Å². The van der Waals surface area contributed by atoms with Crippen LogP contribution in [0.25, 0.3) is 10.2 Å². The summed E-state index contributed by atoms with van der Waals surface area (Å²) in [5, 5.41) is 2.85. The normalized spacial score (nSPS) is 12.1. The number of amides is 1. The van der Waals surface area contributed by atoms with Gasteiger partial charge in [-0.25, -0.2) is 0 Å². The molecule has 1 unspecified atom stereocenters. The minimum Gasteiger partial charge on any atom is -0.481 e. The Morgan fingerprint density at radius 3 is 2.76 bits per heavy atom. The first-order chi connectivity index (χ1) is 12.0. The molecule has 130 valence electrons. The van der Waals surface area contributed by atoms with E-state index < -0.39 is 6.10 Å². The van der Waals surface area contributed by atoms with Gasteiger partial charge in [-0.15, -0.1) is 0 Å². The van der Waals surface area contributed by atoms with E-state index in [0.29, 0.717) is 18.0 Å². The summed E-state index contributed by atoms with van der Waals surface area (Å²) in [6.07, 6.45) is -0.629. The van der Waals surface area contributed by atoms with Crippen LogP contribution in [-0.2, 0) is 11.3 Å². The molecule has 2 aromatic carbocycles. The van der Waals surface area contributed by atoms with Crippen molar-refractivity contribution >= 4 is 33.1 Å². The Bertz CT molecular complexity index is 974. The molecule has 1 atom stereocenters. The third-order valence-corrected chi connectivity index (χ3v) is 4.96. The number of ether oxygens (including phenoxy) is 1. The number of thiazole rings is 1. The molecule has 1 aromatic heterocycles. The lowest BCUT2D eigenvalue weighted by molar-refractivity contribution is -0.122. The number of nitrogens with zero attached hydrogens (tertiary/aromatic N) is 1. The highest BCUT2D eigenvalue weighted by Crippen LogP contribution is 2.23. The monoisotopic (exact) mass is 356 g/mol. The van der Waals surface area contributed by atoms with E-state index in [1.807, 2.05) is 50.2 Å². The van der Waals surface area contributed by atoms with Crippen molar-refractivity contribution in [3.63, 3.8) is 0 Å². The minimum absolute atomic E-state index is 0.0113. The Morgan fingerprint density at radius 2 is 2.04 bits per heavy atom. The number of nitrogens with one attached hydrogen (secondary N) is 1. The smallest absolute Gasteiger partial charge is 0.308 e. The van der Waals surface area contributed by atoms with Crippen LogP contribution in [0.2, 0.25) is 0 Å². The van der Waals surface area contributed by atoms with Crippen LogP contribution in [-0.4, -0.2) is 16.6 Å². The van der Waals surface area contributed by atoms with E-state index in [0.717, 1.165) is 15.8 Å². The third-order valence-electron chi connectivity index (χ3n) is 4.02. The molecular formula is C19H20N2O3S. The largest absolute Gasteiger partial charge is 0.481 e. The second-order valence-electron chi connectivity index (χ2n) is 5.81. The third kappa shape index (κ3) is 3.58. The van der Waals surface area contributed by atoms with E-state index in [1.54, 1.807) is 17.6 Å². The lowest BCUT2D eigenvalue weighted by atomic mass is 10.2. The molecule has 1 heterocycles. The number of carbonyl (C=O) groups excluding carboxylic acids is 1. The first kappa shape index (κ1) is 17.2. The molecule has 3 rings (SSSR count). The second kappa shape index (κ2) is 7.11. The Hall–Kier alpha value is -2.60. The van der Waals surface area contributed by atoms with Gasteiger partial charge < -0.3 is 10.1 Å². The fourth-order valence-electron chi connectivity index (χ4n) is 2.62. The van der Waals surface area contributed by atoms with Crippen molar-refractivity contribution in [3.05, 3.63) is 57.7 Å². The van der Waals surface area contributed by atoms with E-state index in [4.69, 9.17) is 4.74 Å². The summed E-state index contributed by atoms with van der Waals surface area (Å²) in [5.74, 6) is 0.462. The van der Waals surface area contributed by atoms with Gasteiger partial charge in [-0.05, 0) is 50.6 Å². The van der Waals surface area contributed by atoms with Crippen molar-refractivity contribution in [1.29, 1.82) is 0 Å². The molecule has 3 aromatic rings. The van der Waals surface area contributed by atoms with Gasteiger partial charge >= 0.3 is 4.87 Å². The quantitative estimate of drug-likeness (QED) is 0.756. The lowest BCUT2D eigenvalue weighted by Crippen LogP contribution is -2.30. The summed E-state index contributed by atoms with van der Waals surface area (Å²) in [6, 6.07) is 13.1. The summed E-state index contributed by atoms with van der Waals surface area (Å²) in [5.41, 5.74) is 2.52. The molecule has 5 nitrogen and oxygen atoms in total. The fraction of sp³-hybridized carbons (Fsp3) is 0.263. The number of anilines is 1. The van der Waals surface area contributed by atoms with Crippen LogP contribution in [0.4, 0.5) is 5.69 Å². The van der Waals surface area contributed by atoms with Crippen LogP contribution in [0.3, 0.4) is 0 Å². The van der Waals surface area contributed by atoms with Gasteiger partial charge in [-0.3, -0.25) is 14.2 Å². The Kier molecular flexibility index (Phi) is 4.90. The number of rotatable bonds is 5. The molecule has 0 aliphatic carbocycles. The average molecular weight is 356 g/mol. The summed E-state index contributed by atoms with van der Waals surface area (Å²) >= 11 is 1.18. The van der Waals surface area contributed by atoms with Crippen LogP contribution in [0, 0.1) is 6.92 Å². The maximum Gasteiger partial charge on any atom is 0.308 e. The zero-order chi connectivity index (χ0) is 18.0. The topological polar surface area (TPSA) is 60.3 Å². The van der Waals surface area contributed by atoms with Gasteiger partial charge in [0.15, 0.2) is 6.10 Å². The summed E-state index contributed by atoms with van der Waals surface area (Å²) < 4.78 is 8.32. The van der Waals surface area contributed by atoms with Crippen molar-refractivity contribution in [1.82, 2.24) is 4.57 Å². The van der Waals surface area contributed by atoms with Gasteiger partial charge in [-0.2, -0.15) is 0 Å². The molecule has 1 amide bonds. The van der Waals surface area contributed by atoms with Gasteiger partial charge in [0, 0.05) is 12.2 Å². The van der Waals surface area contributed by atoms with Crippen molar-refractivity contribution in [3.8, 4) is 5.75 Å². The molecule has 0 aliphatic heterocycles. The van der Waals surface area contributed by atoms with E-state index in [1.165, 1.54) is 11.3 Å². The van der Waals surface area contributed by atoms with E-state index in [9.17, 15) is 9.59 Å². The molecule has 6 heteroatoms. The zero-order valence-corrected chi connectivity index (χ0v) is 15.2. The molecule has 0 saturated heterocycles. The molecule has 0 radical (unpaired) electrons. The Balaban J connectivity index is 1.75. The van der Waals surface area contributed by atoms with Gasteiger partial charge in [0.05, 0.1) is 10.2 Å². The van der Waals surface area contributed by atoms with Gasteiger partial charge in [0.25, 0.3) is 5.91 Å². The standard InChI is InChI=1S/C19H20N2O3S/c1-4-21-15-10-9-14(11-17(15)25-19(21)23)20-18(22)13(3)24-16-8-6-5-7-12(16)2/h5-11,13H,4H2,1-3H3,(H,20,22). The summed E-state index contributed by atoms with van der Waals surface area (Å²) in [7, 11) is 0. The fourth-order valence-corrected chi connectivity index (χ4v) is 3.61. The van der Waals surface area contributed by atoms with Crippen molar-refractivity contribution in [2.75, 3.05) is 5.32 Å². The molecule has 0 fully saturated rings. The number of hydrogen-bond donors (Lipinski definition) is 1. The van der Waals surface area contributed by atoms with Crippen molar-refractivity contribution in [2.24, 2.45) is 0 Å². The molecule has 0 spiro atoms. The SMILES string of the molecule is CCn1c(=O)sc2cc(NC(=O)C(C)Oc3ccccc3C)ccc21. The summed E-state index contributed by atoms with van der Waals surface area (Å²) in [4.78, 5) is 24.3. The number of aromatic nitrogens is 1. The molecule has 0 bridgehead atoms. The lowest BCUT2D eigenvalue weighted by Gasteiger charge is -2.16. The predicted molar refractivity (Wildman–Crippen MR) is 102 cm³/mol. The first-order valence-electron chi connectivity index (χ1n) is 8.16. The van der Waals surface area contributed by atoms with Crippen molar-refractivity contribution < 1.29 is 9.53 Å². The Labute approximate surface area is 149 Å². The number of fused-ring (bicyclic) bond motifs is 1. The second-order valence-corrected chi connectivity index (χ2v) is 6.80. The van der Waals surface area contributed by atoms with Gasteiger partial charge in [-0.1, -0.05) is 29.5 Å². The highest BCUT2D eigenvalue weighted by molar-refractivity contribution is 7.16. The van der Waals surface area contributed by atoms with E-state index in [-0.39, 0.29) is 10.8 Å². The number of carbonyl (C=O) groups is 1. The number of hydrogen-bond acceptors (Lipinski definition) is 4. The van der Waals surface area contributed by atoms with Gasteiger partial charge in [0.1, 0.15) is 5.75 Å². The number of para-hydroxylation sites is 1. The molecule has 0 saturated carbocycles. The highest BCUT2D eigenvalue weighted by atomic mass is 32.1. The number of benzene rings is 2. The van der Waals surface area contributed by atoms with Crippen LogP contribution in [0.5, 0.6) is 5.75 Å². The zero-order valence-electron chi connectivity index (χ0n) is 14.4. The summed E-state index contributed by atoms with van der Waals surface area (Å²) in [6.45, 7) is 6.22. The predicted octanol–water partition coefficient (Wildman–Crippen LogP) is 3.80.